The molecule has 0 aromatic rings. The van der Waals surface area contributed by atoms with Gasteiger partial charge in [0.2, 0.25) is 17.7 Å². The van der Waals surface area contributed by atoms with Gasteiger partial charge in [-0.05, 0) is 6.92 Å². The van der Waals surface area contributed by atoms with Crippen molar-refractivity contribution in [3.8, 4) is 0 Å². The number of carboxylic acid groups (broad SMARTS) is 1. The molecule has 81 heavy (non-hydrogen) atoms. The van der Waals surface area contributed by atoms with Gasteiger partial charge in [0.25, 0.3) is 5.79 Å². The van der Waals surface area contributed by atoms with E-state index in [0.29, 0.717) is 0 Å². The van der Waals surface area contributed by atoms with E-state index >= 15 is 0 Å². The van der Waals surface area contributed by atoms with E-state index in [1.54, 1.807) is 0 Å². The second kappa shape index (κ2) is 28.3. The summed E-state index contributed by atoms with van der Waals surface area (Å²) in [4.78, 5) is 50.7. The number of rotatable bonds is 21. The molecule has 6 aliphatic rings. The lowest BCUT2D eigenvalue weighted by atomic mass is 9.88. The summed E-state index contributed by atoms with van der Waals surface area (Å²) in [6.07, 6.45) is -56.2. The fourth-order valence-electron chi connectivity index (χ4n) is 10.4. The molecule has 468 valence electrons. The molecule has 6 saturated heterocycles. The first-order chi connectivity index (χ1) is 38.1. The van der Waals surface area contributed by atoms with Crippen molar-refractivity contribution in [2.75, 3.05) is 33.0 Å². The van der Waals surface area contributed by atoms with Gasteiger partial charge in [0, 0.05) is 27.2 Å². The highest BCUT2D eigenvalue weighted by Gasteiger charge is 2.62. The smallest absolute Gasteiger partial charge is 0.364 e. The third kappa shape index (κ3) is 14.5. The minimum absolute atomic E-state index is 0.778. The minimum Gasteiger partial charge on any atom is -0.477 e. The summed E-state index contributed by atoms with van der Waals surface area (Å²) in [6.45, 7) is -1.31. The number of carbonyl (C=O) groups excluding carboxylic acids is 3. The van der Waals surface area contributed by atoms with Crippen LogP contribution >= 0.6 is 0 Å². The zero-order valence-electron chi connectivity index (χ0n) is 43.7. The first kappa shape index (κ1) is 66.9. The maximum Gasteiger partial charge on any atom is 0.364 e. The molecular formula is C45H75N3O33. The highest BCUT2D eigenvalue weighted by Crippen LogP contribution is 2.40. The van der Waals surface area contributed by atoms with Gasteiger partial charge < -0.3 is 160 Å². The summed E-state index contributed by atoms with van der Waals surface area (Å²) in [5.74, 6) is -7.95. The van der Waals surface area contributed by atoms with Crippen LogP contribution in [0.2, 0.25) is 0 Å². The fraction of sp³-hybridized carbons (Fsp3) is 0.911. The van der Waals surface area contributed by atoms with E-state index in [4.69, 9.17) is 52.1 Å². The van der Waals surface area contributed by atoms with Crippen LogP contribution in [0, 0.1) is 0 Å². The van der Waals surface area contributed by atoms with E-state index in [9.17, 15) is 111 Å². The molecule has 36 nitrogen and oxygen atoms in total. The average Bonchev–Trinajstić information content (AvgIpc) is 3.56. The second-order valence-electron chi connectivity index (χ2n) is 20.4. The number of hydrogen-bond donors (Lipinski definition) is 21. The third-order valence-electron chi connectivity index (χ3n) is 14.6. The number of carbonyl (C=O) groups is 4. The molecule has 0 spiro atoms. The Morgan fingerprint density at radius 1 is 0.506 bits per heavy atom. The number of aliphatic hydroxyl groups is 17. The SMILES string of the molecule is CC(=O)N[C@@H]1[C@@H](O[C@@H]2O[C@H](CO)[C@H](O)[C@H](O[C@@H]3O[C@H](CO)[C@@H](O[C@@H]4O[C@H](CO)[C@H](O)[C@H](O[C@]5(C(=O)O)C[C@H](O)[C@@H](NC(C)=O)[C@H]([C@H](O)[C@H](O)CO)O5)[C@H]4O)[C@H](O[C@@H]4O[C@@H](C)[C@@H](O)[C@@H](O)[C@@H]4O)[C@H]3NC(C)=O)[C@H]2O)[C@H](O)[C@@H](CO)O[C@@H]1O. The van der Waals surface area contributed by atoms with E-state index in [-0.39, 0.29) is 0 Å². The Morgan fingerprint density at radius 3 is 1.48 bits per heavy atom. The molecular weight excluding hydrogens is 1110 g/mol. The Hall–Kier alpha value is -3.24. The number of amides is 3. The third-order valence-corrected chi connectivity index (χ3v) is 14.6. The molecule has 6 fully saturated rings. The molecule has 3 amide bonds. The summed E-state index contributed by atoms with van der Waals surface area (Å²) in [7, 11) is 0. The van der Waals surface area contributed by atoms with Gasteiger partial charge >= 0.3 is 5.97 Å². The Balaban J connectivity index is 1.38. The van der Waals surface area contributed by atoms with Crippen molar-refractivity contribution in [3.05, 3.63) is 0 Å². The molecule has 6 rings (SSSR count). The highest BCUT2D eigenvalue weighted by molar-refractivity contribution is 5.77. The number of carboxylic acids is 1. The zero-order valence-corrected chi connectivity index (χ0v) is 43.7. The van der Waals surface area contributed by atoms with E-state index in [1.165, 1.54) is 6.92 Å². The van der Waals surface area contributed by atoms with Crippen molar-refractivity contribution in [1.82, 2.24) is 16.0 Å². The normalized spacial score (nSPS) is 46.7. The molecule has 21 N–H and O–H groups in total. The Labute approximate surface area is 459 Å². The molecule has 6 heterocycles. The standard InChI is InChI=1S/C45H75N3O33/c1-11-24(59)29(64)30(65)41(71-11)78-36-23(48-14(4)56)40(79-37-27(62)18(8-51)73-42(31(37)66)77-34-22(47-13(3)55)39(68)72-17(7-50)26(34)61)75-20(10-53)33(36)76-43-32(67)38(28(63)19(9-52)74-43)81-45(44(69)70)5-15(57)21(46-12(2)54)35(80-45)25(60)16(58)6-49/h11,15-43,49-53,57-68H,5-10H2,1-4H3,(H,46,54)(H,47,55)(H,48,56)(H,69,70)/t11-,15-,16+,17+,18+,19+,20+,21+,22+,23+,24+,25+,26+,27-,28-,29+,30-,31+,32+,33+,34+,35+,36+,37-,38-,39-,40-,41-,42-,43-,45-/m0/s1. The van der Waals surface area contributed by atoms with Crippen molar-refractivity contribution < 1.29 is 163 Å². The van der Waals surface area contributed by atoms with Crippen molar-refractivity contribution in [2.45, 2.75) is 224 Å². The van der Waals surface area contributed by atoms with Crippen LogP contribution < -0.4 is 16.0 Å². The molecule has 6 aliphatic heterocycles. The van der Waals surface area contributed by atoms with Gasteiger partial charge in [-0.1, -0.05) is 0 Å². The quantitative estimate of drug-likeness (QED) is 0.0507. The largest absolute Gasteiger partial charge is 0.477 e. The second-order valence-corrected chi connectivity index (χ2v) is 20.4. The van der Waals surface area contributed by atoms with Crippen molar-refractivity contribution in [1.29, 1.82) is 0 Å². The van der Waals surface area contributed by atoms with Crippen molar-refractivity contribution in [2.24, 2.45) is 0 Å². The van der Waals surface area contributed by atoms with Crippen LogP contribution in [-0.2, 0) is 71.3 Å². The number of ether oxygens (including phenoxy) is 11. The van der Waals surface area contributed by atoms with Crippen molar-refractivity contribution in [3.63, 3.8) is 0 Å². The predicted molar refractivity (Wildman–Crippen MR) is 250 cm³/mol. The molecule has 0 unspecified atom stereocenters. The highest BCUT2D eigenvalue weighted by atomic mass is 16.8. The Kier molecular flexibility index (Phi) is 23.4. The molecule has 0 radical (unpaired) electrons. The zero-order chi connectivity index (χ0) is 60.3. The van der Waals surface area contributed by atoms with E-state index in [1.807, 2.05) is 0 Å². The molecule has 0 bridgehead atoms. The number of aliphatic carboxylic acids is 1. The predicted octanol–water partition coefficient (Wildman–Crippen LogP) is -13.4. The Morgan fingerprint density at radius 2 is 0.951 bits per heavy atom. The molecule has 0 aromatic heterocycles. The van der Waals surface area contributed by atoms with Gasteiger partial charge in [-0.3, -0.25) is 14.4 Å². The van der Waals surface area contributed by atoms with Gasteiger partial charge in [-0.15, -0.1) is 0 Å². The van der Waals surface area contributed by atoms with Gasteiger partial charge in [0.15, 0.2) is 31.5 Å². The lowest BCUT2D eigenvalue weighted by Crippen LogP contribution is -2.72. The first-order valence-electron chi connectivity index (χ1n) is 25.6. The fourth-order valence-corrected chi connectivity index (χ4v) is 10.4. The first-order valence-corrected chi connectivity index (χ1v) is 25.6. The van der Waals surface area contributed by atoms with Gasteiger partial charge in [-0.25, -0.2) is 4.79 Å². The summed E-state index contributed by atoms with van der Waals surface area (Å²) in [5, 5.41) is 203. The van der Waals surface area contributed by atoms with Gasteiger partial charge in [0.05, 0.1) is 51.3 Å². The van der Waals surface area contributed by atoms with Gasteiger partial charge in [0.1, 0.15) is 134 Å². The summed E-state index contributed by atoms with van der Waals surface area (Å²) < 4.78 is 64.2. The summed E-state index contributed by atoms with van der Waals surface area (Å²) >= 11 is 0. The topological polar surface area (TPSA) is 570 Å². The van der Waals surface area contributed by atoms with Crippen LogP contribution in [0.1, 0.15) is 34.1 Å². The lowest BCUT2D eigenvalue weighted by Gasteiger charge is -2.52. The maximum absolute atomic E-state index is 13.2. The molecule has 36 heteroatoms. The molecule has 0 aliphatic carbocycles. The van der Waals surface area contributed by atoms with Crippen LogP contribution in [-0.4, -0.2) is 338 Å². The molecule has 31 atom stereocenters. The monoisotopic (exact) mass is 1190 g/mol. The van der Waals surface area contributed by atoms with Crippen LogP contribution in [0.5, 0.6) is 0 Å². The number of nitrogens with one attached hydrogen (secondary N) is 3. The van der Waals surface area contributed by atoms with E-state index in [0.717, 1.165) is 20.8 Å². The van der Waals surface area contributed by atoms with Gasteiger partial charge in [-0.2, -0.15) is 0 Å². The Bertz CT molecular complexity index is 2080. The molecule has 0 saturated carbocycles. The van der Waals surface area contributed by atoms with Crippen LogP contribution in [0.25, 0.3) is 0 Å². The number of hydrogen-bond acceptors (Lipinski definition) is 32. The number of aliphatic hydroxyl groups excluding tert-OH is 17. The molecule has 0 aromatic carbocycles. The van der Waals surface area contributed by atoms with E-state index in [2.05, 4.69) is 16.0 Å². The summed E-state index contributed by atoms with van der Waals surface area (Å²) in [5.41, 5.74) is 0. The van der Waals surface area contributed by atoms with Crippen LogP contribution in [0.15, 0.2) is 0 Å². The lowest BCUT2D eigenvalue weighted by molar-refractivity contribution is -0.398. The van der Waals surface area contributed by atoms with Crippen LogP contribution in [0.4, 0.5) is 0 Å². The average molecular weight is 1190 g/mol. The van der Waals surface area contributed by atoms with Crippen molar-refractivity contribution >= 4 is 23.7 Å². The van der Waals surface area contributed by atoms with Crippen LogP contribution in [0.3, 0.4) is 0 Å². The maximum atomic E-state index is 13.2. The van der Waals surface area contributed by atoms with E-state index < -0.39 is 253 Å². The minimum atomic E-state index is -3.26. The summed E-state index contributed by atoms with van der Waals surface area (Å²) in [6, 6.07) is -5.29.